The van der Waals surface area contributed by atoms with Crippen LogP contribution in [0.4, 0.5) is 26.3 Å². The van der Waals surface area contributed by atoms with Gasteiger partial charge >= 0.3 is 12.3 Å². The van der Waals surface area contributed by atoms with Crippen LogP contribution in [0.3, 0.4) is 0 Å². The zero-order valence-corrected chi connectivity index (χ0v) is 9.88. The minimum atomic E-state index is -5.78. The molecule has 1 atom stereocenters. The van der Waals surface area contributed by atoms with Crippen molar-refractivity contribution in [3.8, 4) is 11.5 Å². The monoisotopic (exact) mass is 302 g/mol. The van der Waals surface area contributed by atoms with Crippen LogP contribution < -0.4 is 9.47 Å². The highest BCUT2D eigenvalue weighted by Crippen LogP contribution is 2.39. The number of methoxy groups -OCH3 is 1. The zero-order chi connectivity index (χ0) is 15.6. The summed E-state index contributed by atoms with van der Waals surface area (Å²) in [6, 6.07) is 2.74. The number of rotatable bonds is 5. The first-order valence-electron chi connectivity index (χ1n) is 5.02. The summed E-state index contributed by atoms with van der Waals surface area (Å²) in [5, 5.41) is 0. The van der Waals surface area contributed by atoms with Crippen molar-refractivity contribution in [2.75, 3.05) is 7.11 Å². The van der Waals surface area contributed by atoms with Gasteiger partial charge < -0.3 is 9.47 Å². The summed E-state index contributed by atoms with van der Waals surface area (Å²) in [6.45, 7) is 0. The summed E-state index contributed by atoms with van der Waals surface area (Å²) in [7, 11) is 1.02. The summed E-state index contributed by atoms with van der Waals surface area (Å²) in [5.41, 5.74) is 0.0186. The van der Waals surface area contributed by atoms with Crippen LogP contribution in [-0.4, -0.2) is 31.9 Å². The lowest BCUT2D eigenvalue weighted by Gasteiger charge is -2.23. The Hall–Kier alpha value is -1.93. The third-order valence-electron chi connectivity index (χ3n) is 2.15. The van der Waals surface area contributed by atoms with E-state index >= 15 is 0 Å². The Bertz CT molecular complexity index is 486. The third-order valence-corrected chi connectivity index (χ3v) is 2.15. The minimum absolute atomic E-state index is 0.0186. The first-order chi connectivity index (χ1) is 9.11. The number of hydrogen-bond acceptors (Lipinski definition) is 3. The topological polar surface area (TPSA) is 35.5 Å². The predicted octanol–water partition coefficient (Wildman–Crippen LogP) is 3.38. The van der Waals surface area contributed by atoms with E-state index in [0.717, 1.165) is 25.3 Å². The Kier molecular flexibility index (Phi) is 4.51. The maximum absolute atomic E-state index is 13.1. The summed E-state index contributed by atoms with van der Waals surface area (Å²) in [5.74, 6) is -1.25. The average molecular weight is 302 g/mol. The number of carbonyl (C=O) groups is 1. The van der Waals surface area contributed by atoms with E-state index in [0.29, 0.717) is 6.29 Å². The summed E-state index contributed by atoms with van der Waals surface area (Å²) in [4.78, 5) is 10.5. The van der Waals surface area contributed by atoms with Gasteiger partial charge in [-0.15, -0.1) is 0 Å². The van der Waals surface area contributed by atoms with Gasteiger partial charge in [0.1, 0.15) is 6.29 Å². The summed E-state index contributed by atoms with van der Waals surface area (Å²) >= 11 is 0. The van der Waals surface area contributed by atoms with Gasteiger partial charge in [0, 0.05) is 5.56 Å². The molecule has 1 unspecified atom stereocenters. The van der Waals surface area contributed by atoms with E-state index in [2.05, 4.69) is 9.47 Å². The smallest absolute Gasteiger partial charge is 0.439 e. The van der Waals surface area contributed by atoms with E-state index in [1.54, 1.807) is 0 Å². The molecule has 0 bridgehead atoms. The van der Waals surface area contributed by atoms with Crippen molar-refractivity contribution < 1.29 is 40.6 Å². The second-order valence-corrected chi connectivity index (χ2v) is 3.60. The molecule has 0 saturated carbocycles. The molecule has 0 aromatic heterocycles. The van der Waals surface area contributed by atoms with Crippen molar-refractivity contribution in [2.24, 2.45) is 0 Å². The molecule has 0 amide bonds. The number of halogens is 6. The fraction of sp³-hybridized carbons (Fsp3) is 0.364. The normalized spacial score (nSPS) is 13.8. The van der Waals surface area contributed by atoms with Crippen molar-refractivity contribution in [2.45, 2.75) is 18.5 Å². The third kappa shape index (κ3) is 3.55. The van der Waals surface area contributed by atoms with Crippen molar-refractivity contribution in [1.82, 2.24) is 0 Å². The Balaban J connectivity index is 3.06. The SMILES string of the molecule is COc1cc(C=O)ccc1OC(F)(F)C(F)C(F)(F)F. The number of hydrogen-bond donors (Lipinski definition) is 0. The average Bonchev–Trinajstić information content (AvgIpc) is 2.36. The standard InChI is InChI=1S/C11H8F6O3/c1-19-8-4-6(5-18)2-3-7(8)20-11(16,17)9(12)10(13,14)15/h2-5,9H,1H3. The molecule has 0 radical (unpaired) electrons. The van der Waals surface area contributed by atoms with Crippen LogP contribution in [0.15, 0.2) is 18.2 Å². The molecule has 20 heavy (non-hydrogen) atoms. The Morgan fingerprint density at radius 1 is 1.15 bits per heavy atom. The van der Waals surface area contributed by atoms with E-state index in [4.69, 9.17) is 0 Å². The maximum atomic E-state index is 13.1. The van der Waals surface area contributed by atoms with Gasteiger partial charge in [0.2, 0.25) is 0 Å². The molecule has 1 rings (SSSR count). The highest BCUT2D eigenvalue weighted by Gasteiger charge is 2.59. The van der Waals surface area contributed by atoms with Gasteiger partial charge in [-0.3, -0.25) is 4.79 Å². The molecule has 3 nitrogen and oxygen atoms in total. The fourth-order valence-corrected chi connectivity index (χ4v) is 1.23. The van der Waals surface area contributed by atoms with Crippen LogP contribution in [0.25, 0.3) is 0 Å². The van der Waals surface area contributed by atoms with Gasteiger partial charge in [-0.1, -0.05) is 0 Å². The Morgan fingerprint density at radius 3 is 2.20 bits per heavy atom. The van der Waals surface area contributed by atoms with Gasteiger partial charge in [0.25, 0.3) is 6.17 Å². The van der Waals surface area contributed by atoms with Crippen LogP contribution in [0.1, 0.15) is 10.4 Å². The van der Waals surface area contributed by atoms with E-state index < -0.39 is 30.0 Å². The highest BCUT2D eigenvalue weighted by molar-refractivity contribution is 5.76. The molecule has 0 N–H and O–H groups in total. The molecule has 0 aliphatic carbocycles. The van der Waals surface area contributed by atoms with Gasteiger partial charge in [-0.05, 0) is 18.2 Å². The Morgan fingerprint density at radius 2 is 1.75 bits per heavy atom. The predicted molar refractivity (Wildman–Crippen MR) is 54.9 cm³/mol. The van der Waals surface area contributed by atoms with Crippen molar-refractivity contribution in [1.29, 1.82) is 0 Å². The molecular formula is C11H8F6O3. The lowest BCUT2D eigenvalue weighted by atomic mass is 10.2. The molecule has 0 fully saturated rings. The molecule has 0 aliphatic rings. The van der Waals surface area contributed by atoms with Crippen molar-refractivity contribution in [3.05, 3.63) is 23.8 Å². The second-order valence-electron chi connectivity index (χ2n) is 3.60. The molecule has 0 heterocycles. The molecule has 0 aliphatic heterocycles. The largest absolute Gasteiger partial charge is 0.493 e. The molecule has 9 heteroatoms. The van der Waals surface area contributed by atoms with E-state index in [1.807, 2.05) is 0 Å². The van der Waals surface area contributed by atoms with Crippen molar-refractivity contribution in [3.63, 3.8) is 0 Å². The Labute approximate surface area is 109 Å². The van der Waals surface area contributed by atoms with Crippen LogP contribution >= 0.6 is 0 Å². The molecule has 1 aromatic carbocycles. The second kappa shape index (κ2) is 5.59. The van der Waals surface area contributed by atoms with E-state index in [1.165, 1.54) is 0 Å². The quantitative estimate of drug-likeness (QED) is 0.618. The van der Waals surface area contributed by atoms with E-state index in [-0.39, 0.29) is 5.56 Å². The summed E-state index contributed by atoms with van der Waals surface area (Å²) in [6.07, 6.45) is -15.0. The number of benzene rings is 1. The van der Waals surface area contributed by atoms with Gasteiger partial charge in [-0.2, -0.15) is 22.0 Å². The number of carbonyl (C=O) groups excluding carboxylic acids is 1. The zero-order valence-electron chi connectivity index (χ0n) is 9.88. The van der Waals surface area contributed by atoms with Crippen LogP contribution in [-0.2, 0) is 0 Å². The molecule has 1 aromatic rings. The molecular weight excluding hydrogens is 294 g/mol. The van der Waals surface area contributed by atoms with Gasteiger partial charge in [0.05, 0.1) is 7.11 Å². The van der Waals surface area contributed by atoms with E-state index in [9.17, 15) is 31.1 Å². The lowest BCUT2D eigenvalue weighted by Crippen LogP contribution is -2.45. The fourth-order valence-electron chi connectivity index (χ4n) is 1.23. The number of alkyl halides is 6. The lowest BCUT2D eigenvalue weighted by molar-refractivity contribution is -0.305. The first kappa shape index (κ1) is 16.1. The molecule has 112 valence electrons. The van der Waals surface area contributed by atoms with Gasteiger partial charge in [-0.25, -0.2) is 4.39 Å². The van der Waals surface area contributed by atoms with Crippen LogP contribution in [0, 0.1) is 0 Å². The number of ether oxygens (including phenoxy) is 2. The van der Waals surface area contributed by atoms with Gasteiger partial charge in [0.15, 0.2) is 11.5 Å². The number of aldehydes is 1. The maximum Gasteiger partial charge on any atom is 0.439 e. The van der Waals surface area contributed by atoms with Crippen molar-refractivity contribution >= 4 is 6.29 Å². The minimum Gasteiger partial charge on any atom is -0.493 e. The van der Waals surface area contributed by atoms with Crippen LogP contribution in [0.2, 0.25) is 0 Å². The molecule has 0 spiro atoms. The summed E-state index contributed by atoms with van der Waals surface area (Å²) < 4.78 is 82.9. The molecule has 0 saturated heterocycles. The first-order valence-corrected chi connectivity index (χ1v) is 5.02. The highest BCUT2D eigenvalue weighted by atomic mass is 19.4. The van der Waals surface area contributed by atoms with Crippen LogP contribution in [0.5, 0.6) is 11.5 Å².